The molecule has 3 nitrogen and oxygen atoms in total. The number of hydrogen-bond acceptors (Lipinski definition) is 3. The number of benzene rings is 2. The lowest BCUT2D eigenvalue weighted by molar-refractivity contribution is -0.274. The number of carbonyl (C=O) groups is 1. The average Bonchev–Trinajstić information content (AvgIpc) is 2.45. The van der Waals surface area contributed by atoms with E-state index >= 15 is 0 Å². The first-order chi connectivity index (χ1) is 9.87. The number of hydrogen-bond donors (Lipinski definition) is 1. The normalized spacial score (nSPS) is 12.8. The Labute approximate surface area is 119 Å². The summed E-state index contributed by atoms with van der Waals surface area (Å²) in [5, 5.41) is 0. The quantitative estimate of drug-likeness (QED) is 0.879. The summed E-state index contributed by atoms with van der Waals surface area (Å²) < 4.78 is 40.3. The number of alkyl halides is 3. The lowest BCUT2D eigenvalue weighted by atomic mass is 9.98. The Balaban J connectivity index is 2.22. The molecule has 2 rings (SSSR count). The Morgan fingerprint density at radius 1 is 1.05 bits per heavy atom. The van der Waals surface area contributed by atoms with Crippen LogP contribution in [-0.2, 0) is 0 Å². The maximum atomic E-state index is 12.2. The van der Waals surface area contributed by atoms with E-state index in [2.05, 4.69) is 4.74 Å². The van der Waals surface area contributed by atoms with Crippen molar-refractivity contribution < 1.29 is 22.7 Å². The third-order valence-electron chi connectivity index (χ3n) is 2.79. The third-order valence-corrected chi connectivity index (χ3v) is 2.79. The van der Waals surface area contributed by atoms with Gasteiger partial charge in [-0.3, -0.25) is 4.79 Å². The van der Waals surface area contributed by atoms with E-state index in [-0.39, 0.29) is 5.56 Å². The van der Waals surface area contributed by atoms with Crippen LogP contribution < -0.4 is 10.5 Å². The highest BCUT2D eigenvalue weighted by atomic mass is 19.4. The van der Waals surface area contributed by atoms with Gasteiger partial charge in [-0.25, -0.2) is 0 Å². The molecule has 0 saturated heterocycles. The van der Waals surface area contributed by atoms with Gasteiger partial charge < -0.3 is 10.5 Å². The number of rotatable bonds is 4. The van der Waals surface area contributed by atoms with Gasteiger partial charge in [0.2, 0.25) is 0 Å². The van der Waals surface area contributed by atoms with Crippen molar-refractivity contribution in [1.82, 2.24) is 0 Å². The van der Waals surface area contributed by atoms with E-state index in [0.29, 0.717) is 5.56 Å². The molecule has 0 heterocycles. The number of halogens is 3. The van der Waals surface area contributed by atoms with Gasteiger partial charge in [-0.05, 0) is 17.7 Å². The Kier molecular flexibility index (Phi) is 4.28. The maximum Gasteiger partial charge on any atom is 0.573 e. The van der Waals surface area contributed by atoms with E-state index in [9.17, 15) is 18.0 Å². The lowest BCUT2D eigenvalue weighted by Crippen LogP contribution is -2.22. The Bertz CT molecular complexity index is 626. The summed E-state index contributed by atoms with van der Waals surface area (Å²) in [5.41, 5.74) is 6.49. The summed E-state index contributed by atoms with van der Waals surface area (Å²) in [6, 6.07) is 12.5. The van der Waals surface area contributed by atoms with Crippen molar-refractivity contribution in [3.63, 3.8) is 0 Å². The summed E-state index contributed by atoms with van der Waals surface area (Å²) in [4.78, 5) is 12.2. The first-order valence-corrected chi connectivity index (χ1v) is 6.07. The van der Waals surface area contributed by atoms with E-state index < -0.39 is 23.9 Å². The van der Waals surface area contributed by atoms with Crippen LogP contribution in [0.2, 0.25) is 0 Å². The molecule has 1 unspecified atom stereocenters. The second kappa shape index (κ2) is 5.97. The van der Waals surface area contributed by atoms with Crippen LogP contribution in [0.3, 0.4) is 0 Å². The monoisotopic (exact) mass is 295 g/mol. The van der Waals surface area contributed by atoms with Crippen molar-refractivity contribution in [2.24, 2.45) is 5.73 Å². The van der Waals surface area contributed by atoms with Gasteiger partial charge >= 0.3 is 6.36 Å². The Morgan fingerprint density at radius 2 is 1.71 bits per heavy atom. The highest BCUT2D eigenvalue weighted by molar-refractivity contribution is 6.00. The van der Waals surface area contributed by atoms with Crippen LogP contribution in [0.15, 0.2) is 54.6 Å². The van der Waals surface area contributed by atoms with Gasteiger partial charge in [0.1, 0.15) is 5.75 Å². The third kappa shape index (κ3) is 4.06. The highest BCUT2D eigenvalue weighted by Gasteiger charge is 2.31. The van der Waals surface area contributed by atoms with Gasteiger partial charge in [0.15, 0.2) is 5.78 Å². The van der Waals surface area contributed by atoms with E-state index in [1.807, 2.05) is 0 Å². The van der Waals surface area contributed by atoms with Crippen LogP contribution in [0.5, 0.6) is 5.75 Å². The van der Waals surface area contributed by atoms with Gasteiger partial charge in [-0.2, -0.15) is 0 Å². The summed E-state index contributed by atoms with van der Waals surface area (Å²) >= 11 is 0. The van der Waals surface area contributed by atoms with Crippen LogP contribution in [0, 0.1) is 0 Å². The first-order valence-electron chi connectivity index (χ1n) is 6.07. The fourth-order valence-electron chi connectivity index (χ4n) is 1.84. The topological polar surface area (TPSA) is 52.3 Å². The second-order valence-corrected chi connectivity index (χ2v) is 4.33. The summed E-state index contributed by atoms with van der Waals surface area (Å²) in [6.45, 7) is 0. The van der Waals surface area contributed by atoms with E-state index in [0.717, 1.165) is 12.1 Å². The van der Waals surface area contributed by atoms with Crippen molar-refractivity contribution in [3.8, 4) is 5.75 Å². The molecule has 0 amide bonds. The molecule has 2 aromatic rings. The molecule has 0 spiro atoms. The van der Waals surface area contributed by atoms with E-state index in [4.69, 9.17) is 5.73 Å². The second-order valence-electron chi connectivity index (χ2n) is 4.33. The van der Waals surface area contributed by atoms with Crippen molar-refractivity contribution in [2.45, 2.75) is 12.4 Å². The highest BCUT2D eigenvalue weighted by Crippen LogP contribution is 2.25. The Morgan fingerprint density at radius 3 is 2.33 bits per heavy atom. The summed E-state index contributed by atoms with van der Waals surface area (Å²) in [5.74, 6) is -0.928. The van der Waals surface area contributed by atoms with Gasteiger partial charge in [-0.15, -0.1) is 13.2 Å². The first kappa shape index (κ1) is 15.1. The maximum absolute atomic E-state index is 12.2. The van der Waals surface area contributed by atoms with Crippen LogP contribution in [0.1, 0.15) is 22.0 Å². The summed E-state index contributed by atoms with van der Waals surface area (Å²) in [6.07, 6.45) is -4.80. The molecule has 0 aliphatic rings. The van der Waals surface area contributed by atoms with Crippen molar-refractivity contribution in [3.05, 3.63) is 65.7 Å². The number of Topliss-reactive ketones (excluding diaryl/α,β-unsaturated/α-hetero) is 1. The molecule has 0 aromatic heterocycles. The molecule has 2 aromatic carbocycles. The largest absolute Gasteiger partial charge is 0.573 e. The fraction of sp³-hybridized carbons (Fsp3) is 0.133. The SMILES string of the molecule is NC(C(=O)c1cccc(OC(F)(F)F)c1)c1ccccc1. The van der Waals surface area contributed by atoms with Crippen LogP contribution in [-0.4, -0.2) is 12.1 Å². The van der Waals surface area contributed by atoms with Crippen LogP contribution >= 0.6 is 0 Å². The molecule has 2 N–H and O–H groups in total. The van der Waals surface area contributed by atoms with Crippen LogP contribution in [0.25, 0.3) is 0 Å². The standard InChI is InChI=1S/C15H12F3NO2/c16-15(17,18)21-12-8-4-7-11(9-12)14(20)13(19)10-5-2-1-3-6-10/h1-9,13H,19H2. The molecule has 0 bridgehead atoms. The molecule has 0 radical (unpaired) electrons. The zero-order valence-corrected chi connectivity index (χ0v) is 10.8. The minimum absolute atomic E-state index is 0.0631. The minimum Gasteiger partial charge on any atom is -0.406 e. The molecule has 6 heteroatoms. The molecule has 0 aliphatic heterocycles. The number of ether oxygens (including phenoxy) is 1. The smallest absolute Gasteiger partial charge is 0.406 e. The van der Waals surface area contributed by atoms with E-state index in [1.54, 1.807) is 30.3 Å². The van der Waals surface area contributed by atoms with Gasteiger partial charge in [0.05, 0.1) is 6.04 Å². The molecule has 0 fully saturated rings. The molecular weight excluding hydrogens is 283 g/mol. The van der Waals surface area contributed by atoms with Crippen LogP contribution in [0.4, 0.5) is 13.2 Å². The summed E-state index contributed by atoms with van der Waals surface area (Å²) in [7, 11) is 0. The molecule has 0 saturated carbocycles. The molecule has 0 aliphatic carbocycles. The van der Waals surface area contributed by atoms with Crippen molar-refractivity contribution >= 4 is 5.78 Å². The number of ketones is 1. The van der Waals surface area contributed by atoms with Crippen molar-refractivity contribution in [2.75, 3.05) is 0 Å². The Hall–Kier alpha value is -2.34. The molecule has 21 heavy (non-hydrogen) atoms. The lowest BCUT2D eigenvalue weighted by Gasteiger charge is -2.13. The van der Waals surface area contributed by atoms with Gasteiger partial charge in [0.25, 0.3) is 0 Å². The molecular formula is C15H12F3NO2. The molecule has 110 valence electrons. The van der Waals surface area contributed by atoms with E-state index in [1.165, 1.54) is 12.1 Å². The predicted octanol–water partition coefficient (Wildman–Crippen LogP) is 3.47. The van der Waals surface area contributed by atoms with Gasteiger partial charge in [0, 0.05) is 5.56 Å². The zero-order valence-electron chi connectivity index (χ0n) is 10.8. The number of nitrogens with two attached hydrogens (primary N) is 1. The predicted molar refractivity (Wildman–Crippen MR) is 70.8 cm³/mol. The fourth-order valence-corrected chi connectivity index (χ4v) is 1.84. The number of carbonyl (C=O) groups excluding carboxylic acids is 1. The minimum atomic E-state index is -4.80. The van der Waals surface area contributed by atoms with Gasteiger partial charge in [-0.1, -0.05) is 42.5 Å². The average molecular weight is 295 g/mol. The zero-order chi connectivity index (χ0) is 15.5. The molecule has 1 atom stereocenters. The van der Waals surface area contributed by atoms with Crippen molar-refractivity contribution in [1.29, 1.82) is 0 Å².